The van der Waals surface area contributed by atoms with Crippen molar-refractivity contribution in [3.8, 4) is 17.1 Å². The van der Waals surface area contributed by atoms with E-state index in [4.69, 9.17) is 0 Å². The molecule has 3 amide bonds. The van der Waals surface area contributed by atoms with Crippen molar-refractivity contribution in [1.29, 1.82) is 0 Å². The molecule has 0 spiro atoms. The summed E-state index contributed by atoms with van der Waals surface area (Å²) >= 11 is 0.818. The lowest BCUT2D eigenvalue weighted by Crippen LogP contribution is -2.33. The summed E-state index contributed by atoms with van der Waals surface area (Å²) in [4.78, 5) is 38.2. The first-order valence-electron chi connectivity index (χ1n) is 13.1. The summed E-state index contributed by atoms with van der Waals surface area (Å²) < 4.78 is 101. The maximum Gasteiger partial charge on any atom is 0.418 e. The quantitative estimate of drug-likeness (QED) is 0.217. The van der Waals surface area contributed by atoms with Crippen LogP contribution in [0.4, 0.5) is 46.9 Å². The average Bonchev–Trinajstić information content (AvgIpc) is 3.61. The number of aryl methyl sites for hydroxylation is 1. The Morgan fingerprint density at radius 1 is 1.07 bits per heavy atom. The standard InChI is InChI=1S/C29H21F7N6O3S/c1-15-3-6-18(25(45-2)29(34,35)36)22(9-15)42-24(43)13-46-27(42)40-26(44)39-20-7-4-16(10-19(20)30)21-12-41(14-38-21)23-8-5-17(11-37-23)28(31,32)33/h3-12,14,25H,13H2,1-2H3,(H,39,44)/b40-27-. The molecule has 46 heavy (non-hydrogen) atoms. The van der Waals surface area contributed by atoms with Gasteiger partial charge < -0.3 is 10.1 Å². The van der Waals surface area contributed by atoms with Crippen molar-refractivity contribution in [2.75, 3.05) is 23.1 Å². The summed E-state index contributed by atoms with van der Waals surface area (Å²) in [5.41, 5.74) is -0.692. The number of nitrogens with one attached hydrogen (secondary N) is 1. The van der Waals surface area contributed by atoms with Gasteiger partial charge in [0.15, 0.2) is 11.3 Å². The molecule has 1 unspecified atom stereocenters. The molecule has 0 saturated carbocycles. The number of benzene rings is 2. The molecule has 1 aliphatic heterocycles. The van der Waals surface area contributed by atoms with Crippen molar-refractivity contribution < 1.29 is 45.1 Å². The van der Waals surface area contributed by atoms with E-state index in [0.29, 0.717) is 11.8 Å². The molecule has 240 valence electrons. The predicted octanol–water partition coefficient (Wildman–Crippen LogP) is 7.32. The smallest absolute Gasteiger partial charge is 0.367 e. The zero-order valence-corrected chi connectivity index (χ0v) is 24.5. The monoisotopic (exact) mass is 666 g/mol. The minimum Gasteiger partial charge on any atom is -0.367 e. The summed E-state index contributed by atoms with van der Waals surface area (Å²) in [5, 5.41) is 2.03. The second-order valence-corrected chi connectivity index (χ2v) is 10.8. The molecule has 9 nitrogen and oxygen atoms in total. The van der Waals surface area contributed by atoms with Gasteiger partial charge in [-0.2, -0.15) is 31.3 Å². The normalized spacial score (nSPS) is 15.5. The number of methoxy groups -OCH3 is 1. The van der Waals surface area contributed by atoms with E-state index in [1.54, 1.807) is 6.92 Å². The number of ether oxygens (including phenoxy) is 1. The number of halogens is 7. The van der Waals surface area contributed by atoms with Gasteiger partial charge in [-0.1, -0.05) is 30.0 Å². The summed E-state index contributed by atoms with van der Waals surface area (Å²) in [6.45, 7) is 1.61. The first-order chi connectivity index (χ1) is 21.7. The number of hydrogen-bond acceptors (Lipinski definition) is 6. The third kappa shape index (κ3) is 6.89. The van der Waals surface area contributed by atoms with E-state index >= 15 is 4.39 Å². The molecule has 2 aromatic heterocycles. The van der Waals surface area contributed by atoms with E-state index in [9.17, 15) is 35.9 Å². The van der Waals surface area contributed by atoms with Crippen LogP contribution in [0.15, 0.2) is 72.2 Å². The number of aromatic nitrogens is 3. The Bertz CT molecular complexity index is 1820. The largest absolute Gasteiger partial charge is 0.418 e. The molecule has 0 bridgehead atoms. The van der Waals surface area contributed by atoms with Gasteiger partial charge >= 0.3 is 18.4 Å². The van der Waals surface area contributed by atoms with Crippen molar-refractivity contribution in [2.24, 2.45) is 4.99 Å². The van der Waals surface area contributed by atoms with E-state index in [1.165, 1.54) is 47.4 Å². The second-order valence-electron chi connectivity index (χ2n) is 9.83. The zero-order valence-electron chi connectivity index (χ0n) is 23.7. The van der Waals surface area contributed by atoms with Gasteiger partial charge in [-0.25, -0.2) is 19.2 Å². The van der Waals surface area contributed by atoms with Crippen LogP contribution in [0, 0.1) is 12.7 Å². The van der Waals surface area contributed by atoms with Crippen LogP contribution in [0.5, 0.6) is 0 Å². The highest BCUT2D eigenvalue weighted by Crippen LogP contribution is 2.42. The number of carbonyl (C=O) groups excluding carboxylic acids is 2. The van der Waals surface area contributed by atoms with Crippen LogP contribution >= 0.6 is 11.8 Å². The number of imidazole rings is 1. The van der Waals surface area contributed by atoms with E-state index in [0.717, 1.165) is 42.0 Å². The Labute approximate surface area is 260 Å². The van der Waals surface area contributed by atoms with Crippen LogP contribution in [0.3, 0.4) is 0 Å². The number of hydrogen-bond donors (Lipinski definition) is 1. The Morgan fingerprint density at radius 2 is 1.83 bits per heavy atom. The number of rotatable bonds is 6. The molecule has 5 rings (SSSR count). The topological polar surface area (TPSA) is 102 Å². The van der Waals surface area contributed by atoms with Gasteiger partial charge in [-0.15, -0.1) is 0 Å². The highest BCUT2D eigenvalue weighted by molar-refractivity contribution is 8.15. The molecule has 1 saturated heterocycles. The molecule has 1 fully saturated rings. The first-order valence-corrected chi connectivity index (χ1v) is 14.1. The second kappa shape index (κ2) is 12.6. The van der Waals surface area contributed by atoms with Gasteiger partial charge in [0.05, 0.1) is 28.4 Å². The fraction of sp³-hybridized carbons (Fsp3) is 0.207. The van der Waals surface area contributed by atoms with Crippen molar-refractivity contribution >= 4 is 40.2 Å². The summed E-state index contributed by atoms with van der Waals surface area (Å²) in [6, 6.07) is 8.55. The number of anilines is 2. The first kappa shape index (κ1) is 32.6. The number of urea groups is 1. The molecule has 17 heteroatoms. The lowest BCUT2D eigenvalue weighted by atomic mass is 10.0. The SMILES string of the molecule is COC(c1ccc(C)cc1N1C(=O)CS/C1=N\C(=O)Nc1ccc(-c2cn(-c3ccc(C(F)(F)F)cn3)cn2)cc1F)C(F)(F)F. The summed E-state index contributed by atoms with van der Waals surface area (Å²) in [7, 11) is 0.882. The fourth-order valence-corrected chi connectivity index (χ4v) is 5.36. The molecule has 4 aromatic rings. The van der Waals surface area contributed by atoms with Crippen molar-refractivity contribution in [3.63, 3.8) is 0 Å². The zero-order chi connectivity index (χ0) is 33.4. The van der Waals surface area contributed by atoms with Gasteiger partial charge in [0.25, 0.3) is 0 Å². The van der Waals surface area contributed by atoms with Crippen LogP contribution in [-0.4, -0.2) is 50.7 Å². The lowest BCUT2D eigenvalue weighted by Gasteiger charge is -2.26. The number of carbonyl (C=O) groups is 2. The number of thioether (sulfide) groups is 1. The number of amidine groups is 1. The van der Waals surface area contributed by atoms with Crippen LogP contribution < -0.4 is 10.2 Å². The maximum absolute atomic E-state index is 15.0. The van der Waals surface area contributed by atoms with Crippen molar-refractivity contribution in [2.45, 2.75) is 25.4 Å². The van der Waals surface area contributed by atoms with Gasteiger partial charge in [0.1, 0.15) is 18.0 Å². The molecule has 0 aliphatic carbocycles. The maximum atomic E-state index is 15.0. The highest BCUT2D eigenvalue weighted by Gasteiger charge is 2.44. The number of nitrogens with zero attached hydrogens (tertiary/aromatic N) is 5. The minimum absolute atomic E-state index is 0.140. The van der Waals surface area contributed by atoms with Gasteiger partial charge in [0, 0.05) is 30.6 Å². The van der Waals surface area contributed by atoms with Crippen LogP contribution in [-0.2, 0) is 15.7 Å². The van der Waals surface area contributed by atoms with Gasteiger partial charge in [0.2, 0.25) is 5.91 Å². The molecular formula is C29H21F7N6O3S. The fourth-order valence-electron chi connectivity index (χ4n) is 4.50. The highest BCUT2D eigenvalue weighted by atomic mass is 32.2. The average molecular weight is 667 g/mol. The number of aliphatic imine (C=N–C) groups is 1. The molecule has 1 atom stereocenters. The molecule has 2 aromatic carbocycles. The number of pyridine rings is 1. The third-order valence-corrected chi connectivity index (χ3v) is 7.56. The molecular weight excluding hydrogens is 645 g/mol. The van der Waals surface area contributed by atoms with Gasteiger partial charge in [-0.05, 0) is 42.8 Å². The molecule has 3 heterocycles. The van der Waals surface area contributed by atoms with Crippen LogP contribution in [0.2, 0.25) is 0 Å². The van der Waals surface area contributed by atoms with Gasteiger partial charge in [-0.3, -0.25) is 14.3 Å². The molecule has 1 aliphatic rings. The van der Waals surface area contributed by atoms with E-state index < -0.39 is 41.8 Å². The number of alkyl halides is 6. The van der Waals surface area contributed by atoms with E-state index in [-0.39, 0.29) is 44.9 Å². The van der Waals surface area contributed by atoms with Crippen LogP contribution in [0.1, 0.15) is 22.8 Å². The summed E-state index contributed by atoms with van der Waals surface area (Å²) in [6.07, 6.45) is -8.33. The molecule has 0 radical (unpaired) electrons. The van der Waals surface area contributed by atoms with Crippen LogP contribution in [0.25, 0.3) is 17.1 Å². The Hall–Kier alpha value is -4.77. The van der Waals surface area contributed by atoms with Crippen molar-refractivity contribution in [3.05, 3.63) is 89.8 Å². The predicted molar refractivity (Wildman–Crippen MR) is 155 cm³/mol. The number of amides is 3. The van der Waals surface area contributed by atoms with E-state index in [1.807, 2.05) is 0 Å². The summed E-state index contributed by atoms with van der Waals surface area (Å²) in [5.74, 6) is -1.58. The lowest BCUT2D eigenvalue weighted by molar-refractivity contribution is -0.215. The Morgan fingerprint density at radius 3 is 2.46 bits per heavy atom. The van der Waals surface area contributed by atoms with Crippen molar-refractivity contribution in [1.82, 2.24) is 14.5 Å². The Balaban J connectivity index is 1.35. The molecule has 1 N–H and O–H groups in total. The third-order valence-electron chi connectivity index (χ3n) is 6.63. The Kier molecular flexibility index (Phi) is 8.90. The minimum atomic E-state index is -4.80. The van der Waals surface area contributed by atoms with E-state index in [2.05, 4.69) is 25.0 Å².